The van der Waals surface area contributed by atoms with Crippen LogP contribution in [0.2, 0.25) is 5.02 Å². The third kappa shape index (κ3) is 2.01. The molecule has 0 saturated carbocycles. The lowest BCUT2D eigenvalue weighted by Crippen LogP contribution is -1.92. The van der Waals surface area contributed by atoms with Crippen molar-refractivity contribution in [2.75, 3.05) is 0 Å². The van der Waals surface area contributed by atoms with Gasteiger partial charge in [-0.05, 0) is 12.1 Å². The molecule has 114 valence electrons. The Morgan fingerprint density at radius 2 is 2.22 bits per heavy atom. The molecule has 23 heavy (non-hydrogen) atoms. The smallest absolute Gasteiger partial charge is 0.156 e. The third-order valence-corrected chi connectivity index (χ3v) is 3.87. The molecule has 1 aromatic carbocycles. The number of aromatic nitrogens is 5. The molecule has 8 heteroatoms. The number of aldehydes is 1. The molecule has 0 bridgehead atoms. The maximum Gasteiger partial charge on any atom is 0.156 e. The molecule has 0 aliphatic heterocycles. The second-order valence-electron chi connectivity index (χ2n) is 5.07. The molecule has 0 amide bonds. The highest BCUT2D eigenvalue weighted by molar-refractivity contribution is 6.31. The number of halogens is 2. The molecular formula is C15H9ClFN5O. The maximum atomic E-state index is 14.4. The number of fused-ring (bicyclic) bond motifs is 2. The summed E-state index contributed by atoms with van der Waals surface area (Å²) in [5.74, 6) is -0.484. The van der Waals surface area contributed by atoms with Gasteiger partial charge in [0.15, 0.2) is 11.9 Å². The first-order chi connectivity index (χ1) is 11.1. The van der Waals surface area contributed by atoms with E-state index in [1.807, 2.05) is 0 Å². The van der Waals surface area contributed by atoms with Crippen molar-refractivity contribution < 1.29 is 9.18 Å². The fourth-order valence-corrected chi connectivity index (χ4v) is 2.80. The topological polar surface area (TPSA) is 76.5 Å². The quantitative estimate of drug-likeness (QED) is 0.573. The molecule has 0 aliphatic rings. The first-order valence-corrected chi connectivity index (χ1v) is 7.07. The van der Waals surface area contributed by atoms with E-state index < -0.39 is 5.82 Å². The summed E-state index contributed by atoms with van der Waals surface area (Å²) < 4.78 is 15.9. The van der Waals surface area contributed by atoms with E-state index in [4.69, 9.17) is 11.6 Å². The van der Waals surface area contributed by atoms with E-state index in [0.717, 1.165) is 0 Å². The second kappa shape index (κ2) is 4.85. The molecule has 1 N–H and O–H groups in total. The molecule has 3 aromatic heterocycles. The average molecular weight is 330 g/mol. The summed E-state index contributed by atoms with van der Waals surface area (Å²) in [7, 11) is 1.70. The SMILES string of the molecule is Cn1nc(-c2cnc3[nH]cc(C=O)c3n2)c2c(F)cc(Cl)cc21. The highest BCUT2D eigenvalue weighted by atomic mass is 35.5. The molecule has 3 heterocycles. The number of carbonyl (C=O) groups excluding carboxylic acids is 1. The molecule has 0 aliphatic carbocycles. The van der Waals surface area contributed by atoms with Crippen LogP contribution < -0.4 is 0 Å². The summed E-state index contributed by atoms with van der Waals surface area (Å²) in [6, 6.07) is 2.86. The molecular weight excluding hydrogens is 321 g/mol. The van der Waals surface area contributed by atoms with E-state index in [1.165, 1.54) is 23.1 Å². The summed E-state index contributed by atoms with van der Waals surface area (Å²) in [4.78, 5) is 22.5. The Kier molecular flexibility index (Phi) is 2.92. The van der Waals surface area contributed by atoms with Gasteiger partial charge >= 0.3 is 0 Å². The zero-order valence-electron chi connectivity index (χ0n) is 11.8. The van der Waals surface area contributed by atoms with Crippen LogP contribution in [-0.4, -0.2) is 31.0 Å². The normalized spacial score (nSPS) is 11.4. The summed E-state index contributed by atoms with van der Waals surface area (Å²) in [6.45, 7) is 0. The van der Waals surface area contributed by atoms with Crippen molar-refractivity contribution >= 4 is 40.0 Å². The summed E-state index contributed by atoms with van der Waals surface area (Å²) in [6.07, 6.45) is 3.70. The van der Waals surface area contributed by atoms with Gasteiger partial charge in [-0.2, -0.15) is 5.10 Å². The van der Waals surface area contributed by atoms with E-state index >= 15 is 0 Å². The summed E-state index contributed by atoms with van der Waals surface area (Å²) in [5.41, 5.74) is 2.58. The molecule has 0 atom stereocenters. The number of aryl methyl sites for hydroxylation is 1. The maximum absolute atomic E-state index is 14.4. The van der Waals surface area contributed by atoms with Crippen molar-refractivity contribution in [3.05, 3.63) is 40.9 Å². The predicted octanol–water partition coefficient (Wildman–Crippen LogP) is 3.12. The number of nitrogens with zero attached hydrogens (tertiary/aromatic N) is 4. The van der Waals surface area contributed by atoms with E-state index in [2.05, 4.69) is 20.1 Å². The number of benzene rings is 1. The summed E-state index contributed by atoms with van der Waals surface area (Å²) >= 11 is 5.90. The second-order valence-corrected chi connectivity index (χ2v) is 5.50. The molecule has 0 fully saturated rings. The first kappa shape index (κ1) is 13.8. The number of rotatable bonds is 2. The van der Waals surface area contributed by atoms with Gasteiger partial charge in [0.2, 0.25) is 0 Å². The molecule has 0 unspecified atom stereocenters. The molecule has 0 radical (unpaired) electrons. The van der Waals surface area contributed by atoms with Crippen molar-refractivity contribution in [2.24, 2.45) is 7.05 Å². The molecule has 0 spiro atoms. The molecule has 4 aromatic rings. The first-order valence-electron chi connectivity index (χ1n) is 6.70. The number of hydrogen-bond donors (Lipinski definition) is 1. The minimum atomic E-state index is -0.484. The number of H-pyrrole nitrogens is 1. The van der Waals surface area contributed by atoms with Crippen molar-refractivity contribution in [1.82, 2.24) is 24.7 Å². The van der Waals surface area contributed by atoms with Gasteiger partial charge in [-0.25, -0.2) is 14.4 Å². The van der Waals surface area contributed by atoms with Crippen LogP contribution in [0.4, 0.5) is 4.39 Å². The molecule has 0 saturated heterocycles. The van der Waals surface area contributed by atoms with Gasteiger partial charge in [0, 0.05) is 18.3 Å². The van der Waals surface area contributed by atoms with Gasteiger partial charge in [0.05, 0.1) is 22.7 Å². The Morgan fingerprint density at radius 3 is 3.00 bits per heavy atom. The van der Waals surface area contributed by atoms with Gasteiger partial charge in [-0.1, -0.05) is 11.6 Å². The van der Waals surface area contributed by atoms with Gasteiger partial charge in [0.1, 0.15) is 22.7 Å². The zero-order chi connectivity index (χ0) is 16.1. The fourth-order valence-electron chi connectivity index (χ4n) is 2.60. The van der Waals surface area contributed by atoms with Crippen LogP contribution in [0.25, 0.3) is 33.5 Å². The zero-order valence-corrected chi connectivity index (χ0v) is 12.6. The Morgan fingerprint density at radius 1 is 1.39 bits per heavy atom. The number of carbonyl (C=O) groups is 1. The molecule has 6 nitrogen and oxygen atoms in total. The lowest BCUT2D eigenvalue weighted by molar-refractivity contribution is 0.112. The van der Waals surface area contributed by atoms with Crippen molar-refractivity contribution in [3.63, 3.8) is 0 Å². The van der Waals surface area contributed by atoms with E-state index in [1.54, 1.807) is 13.1 Å². The van der Waals surface area contributed by atoms with E-state index in [-0.39, 0.29) is 0 Å². The average Bonchev–Trinajstić information content (AvgIpc) is 3.08. The van der Waals surface area contributed by atoms with Gasteiger partial charge in [-0.3, -0.25) is 9.48 Å². The van der Waals surface area contributed by atoms with Crippen LogP contribution in [0.1, 0.15) is 10.4 Å². The Hall–Kier alpha value is -2.80. The van der Waals surface area contributed by atoms with E-state index in [0.29, 0.717) is 50.3 Å². The van der Waals surface area contributed by atoms with Crippen LogP contribution >= 0.6 is 11.6 Å². The van der Waals surface area contributed by atoms with Crippen LogP contribution in [0, 0.1) is 5.82 Å². The minimum absolute atomic E-state index is 0.292. The van der Waals surface area contributed by atoms with Gasteiger partial charge in [0.25, 0.3) is 0 Å². The third-order valence-electron chi connectivity index (χ3n) is 3.65. The lowest BCUT2D eigenvalue weighted by atomic mass is 10.1. The monoisotopic (exact) mass is 329 g/mol. The van der Waals surface area contributed by atoms with Crippen LogP contribution in [-0.2, 0) is 7.05 Å². The van der Waals surface area contributed by atoms with Crippen LogP contribution in [0.3, 0.4) is 0 Å². The van der Waals surface area contributed by atoms with Gasteiger partial charge < -0.3 is 4.98 Å². The number of hydrogen-bond acceptors (Lipinski definition) is 4. The van der Waals surface area contributed by atoms with Crippen LogP contribution in [0.5, 0.6) is 0 Å². The van der Waals surface area contributed by atoms with Crippen molar-refractivity contribution in [1.29, 1.82) is 0 Å². The predicted molar refractivity (Wildman–Crippen MR) is 84.0 cm³/mol. The standard InChI is InChI=1S/C15H9ClFN5O/c1-22-11-3-8(16)2-9(17)12(11)14(21-22)10-5-19-15-13(20-10)7(6-23)4-18-15/h2-6H,1H3,(H,18,19). The Labute approximate surface area is 133 Å². The lowest BCUT2D eigenvalue weighted by Gasteiger charge is -1.99. The Balaban J connectivity index is 2.04. The van der Waals surface area contributed by atoms with Crippen LogP contribution in [0.15, 0.2) is 24.5 Å². The fraction of sp³-hybridized carbons (Fsp3) is 0.0667. The number of aromatic amines is 1. The van der Waals surface area contributed by atoms with E-state index in [9.17, 15) is 9.18 Å². The highest BCUT2D eigenvalue weighted by Crippen LogP contribution is 2.31. The van der Waals surface area contributed by atoms with Crippen molar-refractivity contribution in [3.8, 4) is 11.4 Å². The Bertz CT molecular complexity index is 1080. The highest BCUT2D eigenvalue weighted by Gasteiger charge is 2.18. The summed E-state index contributed by atoms with van der Waals surface area (Å²) in [5, 5.41) is 4.93. The molecule has 4 rings (SSSR count). The minimum Gasteiger partial charge on any atom is -0.344 e. The number of nitrogens with one attached hydrogen (secondary N) is 1. The van der Waals surface area contributed by atoms with Gasteiger partial charge in [-0.15, -0.1) is 0 Å². The largest absolute Gasteiger partial charge is 0.344 e. The van der Waals surface area contributed by atoms with Crippen molar-refractivity contribution in [2.45, 2.75) is 0 Å².